The zero-order valence-corrected chi connectivity index (χ0v) is 11.2. The zero-order chi connectivity index (χ0) is 13.4. The van der Waals surface area contributed by atoms with Crippen LogP contribution in [-0.4, -0.2) is 41.6 Å². The van der Waals surface area contributed by atoms with Gasteiger partial charge in [0.1, 0.15) is 0 Å². The summed E-state index contributed by atoms with van der Waals surface area (Å²) >= 11 is 0. The Kier molecular flexibility index (Phi) is 6.54. The number of nitrogens with one attached hydrogen (secondary N) is 1. The summed E-state index contributed by atoms with van der Waals surface area (Å²) in [5, 5.41) is 11.6. The molecule has 2 N–H and O–H groups in total. The maximum atomic E-state index is 11.8. The summed E-state index contributed by atoms with van der Waals surface area (Å²) in [6, 6.07) is 0.104. The van der Waals surface area contributed by atoms with Gasteiger partial charge in [0.2, 0.25) is 0 Å². The molecule has 0 radical (unpaired) electrons. The monoisotopic (exact) mass is 256 g/mol. The lowest BCUT2D eigenvalue weighted by Gasteiger charge is -2.24. The molecular formula is C13H24N2O3. The first kappa shape index (κ1) is 14.8. The fraction of sp³-hybridized carbons (Fsp3) is 0.846. The van der Waals surface area contributed by atoms with Crippen LogP contribution in [0.4, 0.5) is 4.79 Å². The molecule has 1 aliphatic rings. The second kappa shape index (κ2) is 7.95. The number of carbonyl (C=O) groups is 2. The molecule has 0 aromatic carbocycles. The first-order valence-corrected chi connectivity index (χ1v) is 6.83. The molecule has 1 aliphatic carbocycles. The molecule has 1 saturated carbocycles. The average Bonchev–Trinajstić information content (AvgIpc) is 2.29. The van der Waals surface area contributed by atoms with E-state index in [2.05, 4.69) is 5.32 Å². The molecule has 0 atom stereocenters. The van der Waals surface area contributed by atoms with E-state index in [4.69, 9.17) is 5.11 Å². The third kappa shape index (κ3) is 5.89. The SMILES string of the molecule is CN(CCC(=O)O)C(=O)NC1CCCCCCC1. The minimum absolute atomic E-state index is 0.00537. The van der Waals surface area contributed by atoms with E-state index in [1.165, 1.54) is 37.0 Å². The second-order valence-corrected chi connectivity index (χ2v) is 5.06. The van der Waals surface area contributed by atoms with Gasteiger partial charge in [-0.2, -0.15) is 0 Å². The van der Waals surface area contributed by atoms with Gasteiger partial charge in [0, 0.05) is 19.6 Å². The van der Waals surface area contributed by atoms with Crippen LogP contribution < -0.4 is 5.32 Å². The van der Waals surface area contributed by atoms with Crippen LogP contribution in [0.3, 0.4) is 0 Å². The zero-order valence-electron chi connectivity index (χ0n) is 11.2. The minimum atomic E-state index is -0.874. The summed E-state index contributed by atoms with van der Waals surface area (Å²) in [6.07, 6.45) is 8.22. The van der Waals surface area contributed by atoms with E-state index < -0.39 is 5.97 Å². The molecule has 104 valence electrons. The van der Waals surface area contributed by atoms with E-state index in [0.29, 0.717) is 0 Å². The van der Waals surface area contributed by atoms with Crippen LogP contribution >= 0.6 is 0 Å². The van der Waals surface area contributed by atoms with Crippen LogP contribution in [0.25, 0.3) is 0 Å². The lowest BCUT2D eigenvalue weighted by Crippen LogP contribution is -2.43. The summed E-state index contributed by atoms with van der Waals surface area (Å²) < 4.78 is 0. The molecule has 0 aliphatic heterocycles. The molecule has 1 fully saturated rings. The van der Waals surface area contributed by atoms with Crippen LogP contribution in [0.5, 0.6) is 0 Å². The topological polar surface area (TPSA) is 69.6 Å². The number of aliphatic carboxylic acids is 1. The summed E-state index contributed by atoms with van der Waals surface area (Å²) in [5.74, 6) is -0.874. The lowest BCUT2D eigenvalue weighted by atomic mass is 9.97. The Morgan fingerprint density at radius 2 is 1.72 bits per heavy atom. The standard InChI is InChI=1S/C13H24N2O3/c1-15(10-9-12(16)17)13(18)14-11-7-5-3-2-4-6-8-11/h11H,2-10H2,1H3,(H,14,18)(H,16,17). The van der Waals surface area contributed by atoms with Crippen LogP contribution in [0.15, 0.2) is 0 Å². The number of carbonyl (C=O) groups excluding carboxylic acids is 1. The Hall–Kier alpha value is -1.26. The van der Waals surface area contributed by atoms with Gasteiger partial charge in [-0.05, 0) is 12.8 Å². The first-order chi connectivity index (χ1) is 8.59. The molecule has 0 spiro atoms. The Labute approximate surface area is 109 Å². The number of rotatable bonds is 4. The molecule has 1 rings (SSSR count). The van der Waals surface area contributed by atoms with Gasteiger partial charge < -0.3 is 15.3 Å². The number of urea groups is 1. The average molecular weight is 256 g/mol. The third-order valence-electron chi connectivity index (χ3n) is 3.44. The van der Waals surface area contributed by atoms with Gasteiger partial charge in [0.25, 0.3) is 0 Å². The van der Waals surface area contributed by atoms with E-state index >= 15 is 0 Å². The van der Waals surface area contributed by atoms with Gasteiger partial charge in [0.15, 0.2) is 0 Å². The maximum absolute atomic E-state index is 11.8. The van der Waals surface area contributed by atoms with Gasteiger partial charge in [-0.1, -0.05) is 32.1 Å². The summed E-state index contributed by atoms with van der Waals surface area (Å²) in [4.78, 5) is 23.7. The Morgan fingerprint density at radius 3 is 2.28 bits per heavy atom. The third-order valence-corrected chi connectivity index (χ3v) is 3.44. The molecule has 0 aromatic rings. The Balaban J connectivity index is 2.30. The van der Waals surface area contributed by atoms with E-state index in [1.54, 1.807) is 7.05 Å². The van der Waals surface area contributed by atoms with E-state index in [9.17, 15) is 9.59 Å². The van der Waals surface area contributed by atoms with Crippen molar-refractivity contribution in [1.82, 2.24) is 10.2 Å². The maximum Gasteiger partial charge on any atom is 0.317 e. The Morgan fingerprint density at radius 1 is 1.17 bits per heavy atom. The van der Waals surface area contributed by atoms with Gasteiger partial charge in [-0.25, -0.2) is 4.79 Å². The van der Waals surface area contributed by atoms with Crippen molar-refractivity contribution in [1.29, 1.82) is 0 Å². The molecular weight excluding hydrogens is 232 g/mol. The summed E-state index contributed by atoms with van der Waals surface area (Å²) in [5.41, 5.74) is 0. The molecule has 0 heterocycles. The highest BCUT2D eigenvalue weighted by Gasteiger charge is 2.16. The lowest BCUT2D eigenvalue weighted by molar-refractivity contribution is -0.137. The van der Waals surface area contributed by atoms with Crippen molar-refractivity contribution in [3.05, 3.63) is 0 Å². The molecule has 5 heteroatoms. The van der Waals surface area contributed by atoms with Crippen molar-refractivity contribution in [3.63, 3.8) is 0 Å². The van der Waals surface area contributed by atoms with Crippen molar-refractivity contribution in [2.75, 3.05) is 13.6 Å². The molecule has 0 saturated heterocycles. The quantitative estimate of drug-likeness (QED) is 0.810. The molecule has 0 bridgehead atoms. The number of nitrogens with zero attached hydrogens (tertiary/aromatic N) is 1. The summed E-state index contributed by atoms with van der Waals surface area (Å²) in [7, 11) is 1.64. The minimum Gasteiger partial charge on any atom is -0.481 e. The van der Waals surface area contributed by atoms with Crippen molar-refractivity contribution in [2.45, 2.75) is 57.4 Å². The fourth-order valence-corrected chi connectivity index (χ4v) is 2.25. The highest BCUT2D eigenvalue weighted by molar-refractivity contribution is 5.75. The predicted octanol–water partition coefficient (Wildman–Crippen LogP) is 2.22. The van der Waals surface area contributed by atoms with Crippen LogP contribution in [-0.2, 0) is 4.79 Å². The van der Waals surface area contributed by atoms with Crippen LogP contribution in [0.1, 0.15) is 51.4 Å². The van der Waals surface area contributed by atoms with Gasteiger partial charge in [-0.3, -0.25) is 4.79 Å². The summed E-state index contributed by atoms with van der Waals surface area (Å²) in [6.45, 7) is 0.258. The van der Waals surface area contributed by atoms with E-state index in [-0.39, 0.29) is 25.0 Å². The molecule has 18 heavy (non-hydrogen) atoms. The predicted molar refractivity (Wildman–Crippen MR) is 69.5 cm³/mol. The highest BCUT2D eigenvalue weighted by atomic mass is 16.4. The van der Waals surface area contributed by atoms with E-state index in [0.717, 1.165) is 12.8 Å². The fourth-order valence-electron chi connectivity index (χ4n) is 2.25. The first-order valence-electron chi connectivity index (χ1n) is 6.83. The van der Waals surface area contributed by atoms with Crippen molar-refractivity contribution >= 4 is 12.0 Å². The van der Waals surface area contributed by atoms with Crippen LogP contribution in [0.2, 0.25) is 0 Å². The number of carboxylic acids is 1. The van der Waals surface area contributed by atoms with Gasteiger partial charge >= 0.3 is 12.0 Å². The molecule has 2 amide bonds. The molecule has 0 aromatic heterocycles. The normalized spacial score (nSPS) is 17.6. The number of hydrogen-bond donors (Lipinski definition) is 2. The molecule has 0 unspecified atom stereocenters. The van der Waals surface area contributed by atoms with Gasteiger partial charge in [0.05, 0.1) is 6.42 Å². The largest absolute Gasteiger partial charge is 0.481 e. The van der Waals surface area contributed by atoms with Gasteiger partial charge in [-0.15, -0.1) is 0 Å². The van der Waals surface area contributed by atoms with Crippen molar-refractivity contribution in [3.8, 4) is 0 Å². The smallest absolute Gasteiger partial charge is 0.317 e. The number of amides is 2. The molecule has 5 nitrogen and oxygen atoms in total. The van der Waals surface area contributed by atoms with E-state index in [1.807, 2.05) is 0 Å². The van der Waals surface area contributed by atoms with Crippen LogP contribution in [0, 0.1) is 0 Å². The number of hydrogen-bond acceptors (Lipinski definition) is 2. The number of carboxylic acid groups (broad SMARTS) is 1. The van der Waals surface area contributed by atoms with Crippen molar-refractivity contribution in [2.24, 2.45) is 0 Å². The van der Waals surface area contributed by atoms with Crippen molar-refractivity contribution < 1.29 is 14.7 Å². The second-order valence-electron chi connectivity index (χ2n) is 5.06. The highest BCUT2D eigenvalue weighted by Crippen LogP contribution is 2.17. The Bertz CT molecular complexity index is 273.